The third-order valence-corrected chi connectivity index (χ3v) is 2.98. The molecular formula is C15H13N3O. The standard InChI is InChI=1S/C15H13N3O/c1-9-3-4-11-7-12(5-6-13(11)16-9)14-8-15(19)18-10(2)17-14/h3-8H,1-2H3,(H,17,18,19). The molecule has 0 atom stereocenters. The van der Waals surface area contributed by atoms with Crippen LogP contribution in [-0.4, -0.2) is 15.0 Å². The molecule has 3 aromatic rings. The fourth-order valence-electron chi connectivity index (χ4n) is 2.11. The lowest BCUT2D eigenvalue weighted by Crippen LogP contribution is -2.08. The van der Waals surface area contributed by atoms with Crippen molar-refractivity contribution in [2.24, 2.45) is 0 Å². The molecule has 0 fully saturated rings. The molecule has 1 aromatic carbocycles. The number of rotatable bonds is 1. The van der Waals surface area contributed by atoms with Crippen LogP contribution in [-0.2, 0) is 0 Å². The summed E-state index contributed by atoms with van der Waals surface area (Å²) in [6.45, 7) is 3.74. The van der Waals surface area contributed by atoms with Gasteiger partial charge in [-0.05, 0) is 32.0 Å². The lowest BCUT2D eigenvalue weighted by atomic mass is 10.1. The summed E-state index contributed by atoms with van der Waals surface area (Å²) in [7, 11) is 0. The van der Waals surface area contributed by atoms with Gasteiger partial charge in [0.1, 0.15) is 5.82 Å². The van der Waals surface area contributed by atoms with E-state index in [9.17, 15) is 4.79 Å². The Hall–Kier alpha value is -2.49. The van der Waals surface area contributed by atoms with Gasteiger partial charge in [-0.15, -0.1) is 0 Å². The average molecular weight is 251 g/mol. The fourth-order valence-corrected chi connectivity index (χ4v) is 2.11. The molecule has 0 saturated carbocycles. The molecule has 0 aliphatic heterocycles. The summed E-state index contributed by atoms with van der Waals surface area (Å²) in [5.41, 5.74) is 3.41. The zero-order valence-corrected chi connectivity index (χ0v) is 10.8. The first kappa shape index (κ1) is 11.6. The predicted octanol–water partition coefficient (Wildman–Crippen LogP) is 2.60. The first-order chi connectivity index (χ1) is 9.11. The van der Waals surface area contributed by atoms with Gasteiger partial charge in [0.05, 0.1) is 11.2 Å². The Kier molecular flexibility index (Phi) is 2.63. The Morgan fingerprint density at radius 3 is 2.63 bits per heavy atom. The number of H-pyrrole nitrogens is 1. The number of pyridine rings is 1. The van der Waals surface area contributed by atoms with E-state index in [1.54, 1.807) is 6.92 Å². The van der Waals surface area contributed by atoms with Crippen molar-refractivity contribution in [2.75, 3.05) is 0 Å². The third-order valence-electron chi connectivity index (χ3n) is 2.98. The van der Waals surface area contributed by atoms with Crippen LogP contribution in [0.5, 0.6) is 0 Å². The summed E-state index contributed by atoms with van der Waals surface area (Å²) in [4.78, 5) is 22.9. The summed E-state index contributed by atoms with van der Waals surface area (Å²) >= 11 is 0. The number of aromatic nitrogens is 3. The summed E-state index contributed by atoms with van der Waals surface area (Å²) < 4.78 is 0. The van der Waals surface area contributed by atoms with Gasteiger partial charge in [-0.1, -0.05) is 12.1 Å². The smallest absolute Gasteiger partial charge is 0.251 e. The lowest BCUT2D eigenvalue weighted by molar-refractivity contribution is 1.02. The van der Waals surface area contributed by atoms with Crippen molar-refractivity contribution >= 4 is 10.9 Å². The van der Waals surface area contributed by atoms with Crippen molar-refractivity contribution in [3.63, 3.8) is 0 Å². The Morgan fingerprint density at radius 2 is 1.84 bits per heavy atom. The maximum atomic E-state index is 11.5. The monoisotopic (exact) mass is 251 g/mol. The largest absolute Gasteiger partial charge is 0.311 e. The minimum absolute atomic E-state index is 0.135. The molecule has 4 heteroatoms. The van der Waals surface area contributed by atoms with Gasteiger partial charge in [-0.25, -0.2) is 4.98 Å². The van der Waals surface area contributed by atoms with E-state index in [4.69, 9.17) is 0 Å². The Labute approximate surface area is 110 Å². The second-order valence-electron chi connectivity index (χ2n) is 4.58. The molecule has 2 aromatic heterocycles. The van der Waals surface area contributed by atoms with Gasteiger partial charge in [-0.2, -0.15) is 0 Å². The summed E-state index contributed by atoms with van der Waals surface area (Å²) in [5, 5.41) is 1.04. The maximum Gasteiger partial charge on any atom is 0.251 e. The molecule has 1 N–H and O–H groups in total. The maximum absolute atomic E-state index is 11.5. The average Bonchev–Trinajstić information content (AvgIpc) is 2.37. The zero-order valence-electron chi connectivity index (χ0n) is 10.8. The van der Waals surface area contributed by atoms with Gasteiger partial charge in [0.15, 0.2) is 0 Å². The third kappa shape index (κ3) is 2.25. The Morgan fingerprint density at radius 1 is 1.00 bits per heavy atom. The molecule has 0 unspecified atom stereocenters. The molecule has 2 heterocycles. The number of hydrogen-bond acceptors (Lipinski definition) is 3. The summed E-state index contributed by atoms with van der Waals surface area (Å²) in [6.07, 6.45) is 0. The van der Waals surface area contributed by atoms with Crippen LogP contribution in [0, 0.1) is 13.8 Å². The van der Waals surface area contributed by atoms with Gasteiger partial charge >= 0.3 is 0 Å². The van der Waals surface area contributed by atoms with Crippen LogP contribution in [0.25, 0.3) is 22.2 Å². The van der Waals surface area contributed by atoms with E-state index in [-0.39, 0.29) is 5.56 Å². The van der Waals surface area contributed by atoms with Crippen LogP contribution in [0.4, 0.5) is 0 Å². The summed E-state index contributed by atoms with van der Waals surface area (Å²) in [6, 6.07) is 11.4. The highest BCUT2D eigenvalue weighted by atomic mass is 16.1. The number of nitrogens with zero attached hydrogens (tertiary/aromatic N) is 2. The predicted molar refractivity (Wildman–Crippen MR) is 75.1 cm³/mol. The molecule has 19 heavy (non-hydrogen) atoms. The number of aromatic amines is 1. The molecule has 0 aliphatic carbocycles. The molecule has 0 amide bonds. The highest BCUT2D eigenvalue weighted by Crippen LogP contribution is 2.21. The van der Waals surface area contributed by atoms with E-state index >= 15 is 0 Å². The van der Waals surface area contributed by atoms with Gasteiger partial charge in [0, 0.05) is 22.7 Å². The normalized spacial score (nSPS) is 10.8. The van der Waals surface area contributed by atoms with Crippen molar-refractivity contribution in [3.05, 3.63) is 58.3 Å². The quantitative estimate of drug-likeness (QED) is 0.723. The van der Waals surface area contributed by atoms with Crippen LogP contribution >= 0.6 is 0 Å². The minimum Gasteiger partial charge on any atom is -0.311 e. The number of hydrogen-bond donors (Lipinski definition) is 1. The van der Waals surface area contributed by atoms with Crippen molar-refractivity contribution in [2.45, 2.75) is 13.8 Å². The van der Waals surface area contributed by atoms with Gasteiger partial charge < -0.3 is 4.98 Å². The molecule has 0 radical (unpaired) electrons. The molecular weight excluding hydrogens is 238 g/mol. The molecule has 0 spiro atoms. The van der Waals surface area contributed by atoms with Crippen molar-refractivity contribution in [1.29, 1.82) is 0 Å². The number of benzene rings is 1. The van der Waals surface area contributed by atoms with Crippen LogP contribution in [0.2, 0.25) is 0 Å². The van der Waals surface area contributed by atoms with Crippen LogP contribution in [0.3, 0.4) is 0 Å². The SMILES string of the molecule is Cc1ccc2cc(-c3cc(=O)[nH]c(C)n3)ccc2n1. The first-order valence-electron chi connectivity index (χ1n) is 6.07. The van der Waals surface area contributed by atoms with Crippen molar-refractivity contribution in [3.8, 4) is 11.3 Å². The Bertz CT molecular complexity index is 821. The van der Waals surface area contributed by atoms with Gasteiger partial charge in [0.25, 0.3) is 5.56 Å². The van der Waals surface area contributed by atoms with Crippen LogP contribution in [0.15, 0.2) is 41.2 Å². The minimum atomic E-state index is -0.135. The van der Waals surface area contributed by atoms with E-state index in [1.165, 1.54) is 6.07 Å². The highest BCUT2D eigenvalue weighted by Gasteiger charge is 2.04. The van der Waals surface area contributed by atoms with E-state index in [1.807, 2.05) is 37.3 Å². The highest BCUT2D eigenvalue weighted by molar-refractivity contribution is 5.83. The molecule has 94 valence electrons. The number of aryl methyl sites for hydroxylation is 2. The molecule has 3 rings (SSSR count). The fraction of sp³-hybridized carbons (Fsp3) is 0.133. The van der Waals surface area contributed by atoms with E-state index < -0.39 is 0 Å². The van der Waals surface area contributed by atoms with Gasteiger partial charge in [0.2, 0.25) is 0 Å². The molecule has 0 aliphatic rings. The zero-order chi connectivity index (χ0) is 13.4. The van der Waals surface area contributed by atoms with Crippen molar-refractivity contribution < 1.29 is 0 Å². The molecule has 0 bridgehead atoms. The number of nitrogens with one attached hydrogen (secondary N) is 1. The Balaban J connectivity index is 2.20. The van der Waals surface area contributed by atoms with Crippen LogP contribution < -0.4 is 5.56 Å². The number of fused-ring (bicyclic) bond motifs is 1. The second kappa shape index (κ2) is 4.31. The van der Waals surface area contributed by atoms with E-state index in [0.717, 1.165) is 22.2 Å². The van der Waals surface area contributed by atoms with Crippen molar-refractivity contribution in [1.82, 2.24) is 15.0 Å². The summed E-state index contributed by atoms with van der Waals surface area (Å²) in [5.74, 6) is 0.615. The molecule has 4 nitrogen and oxygen atoms in total. The second-order valence-corrected chi connectivity index (χ2v) is 4.58. The topological polar surface area (TPSA) is 58.6 Å². The lowest BCUT2D eigenvalue weighted by Gasteiger charge is -2.04. The van der Waals surface area contributed by atoms with E-state index in [2.05, 4.69) is 15.0 Å². The van der Waals surface area contributed by atoms with Crippen LogP contribution in [0.1, 0.15) is 11.5 Å². The first-order valence-corrected chi connectivity index (χ1v) is 6.07. The molecule has 0 saturated heterocycles. The van der Waals surface area contributed by atoms with Gasteiger partial charge in [-0.3, -0.25) is 9.78 Å². The van der Waals surface area contributed by atoms with E-state index in [0.29, 0.717) is 11.5 Å².